The number of likely N-dealkylation sites (tertiary alicyclic amines) is 1. The molecular formula is C18H25ClN2O3. The number of nitrogens with zero attached hydrogens (tertiary/aromatic N) is 1. The van der Waals surface area contributed by atoms with Crippen LogP contribution in [-0.2, 0) is 4.79 Å². The van der Waals surface area contributed by atoms with Crippen molar-refractivity contribution in [2.75, 3.05) is 20.2 Å². The number of benzene rings is 1. The number of ether oxygens (including phenoxy) is 1. The zero-order valence-corrected chi connectivity index (χ0v) is 15.1. The van der Waals surface area contributed by atoms with Crippen LogP contribution in [0.1, 0.15) is 49.4 Å². The smallest absolute Gasteiger partial charge is 0.258 e. The van der Waals surface area contributed by atoms with Gasteiger partial charge in [0.1, 0.15) is 11.8 Å². The largest absolute Gasteiger partial charge is 0.496 e. The van der Waals surface area contributed by atoms with E-state index in [-0.39, 0.29) is 11.8 Å². The van der Waals surface area contributed by atoms with Gasteiger partial charge in [-0.2, -0.15) is 0 Å². The lowest BCUT2D eigenvalue weighted by atomic mass is 10.1. The summed E-state index contributed by atoms with van der Waals surface area (Å²) in [4.78, 5) is 26.9. The molecule has 0 aliphatic carbocycles. The fraction of sp³-hybridized carbons (Fsp3) is 0.556. The second-order valence-electron chi connectivity index (χ2n) is 6.00. The summed E-state index contributed by atoms with van der Waals surface area (Å²) in [5.41, 5.74) is 0.399. The lowest BCUT2D eigenvalue weighted by Crippen LogP contribution is -2.46. The number of halogens is 1. The van der Waals surface area contributed by atoms with E-state index in [1.165, 1.54) is 7.11 Å². The van der Waals surface area contributed by atoms with E-state index in [0.717, 1.165) is 25.7 Å². The molecular weight excluding hydrogens is 328 g/mol. The Bertz CT molecular complexity index is 592. The standard InChI is InChI=1S/C18H25ClN2O3/c1-3-4-5-10-20-17(22)15-7-6-11-21(15)18(23)14-12-13(19)8-9-16(14)24-2/h8-9,12,15H,3-7,10-11H2,1-2H3,(H,20,22). The maximum absolute atomic E-state index is 12.9. The Morgan fingerprint density at radius 2 is 2.17 bits per heavy atom. The van der Waals surface area contributed by atoms with E-state index < -0.39 is 6.04 Å². The summed E-state index contributed by atoms with van der Waals surface area (Å²) >= 11 is 6.02. The minimum absolute atomic E-state index is 0.0713. The van der Waals surface area contributed by atoms with Crippen molar-refractivity contribution in [2.45, 2.75) is 45.1 Å². The molecule has 1 aromatic rings. The quantitative estimate of drug-likeness (QED) is 0.766. The Morgan fingerprint density at radius 1 is 1.38 bits per heavy atom. The highest BCUT2D eigenvalue weighted by Gasteiger charge is 2.35. The number of carbonyl (C=O) groups excluding carboxylic acids is 2. The van der Waals surface area contributed by atoms with E-state index in [1.54, 1.807) is 23.1 Å². The predicted octanol–water partition coefficient (Wildman–Crippen LogP) is 3.26. The molecule has 1 N–H and O–H groups in total. The second-order valence-corrected chi connectivity index (χ2v) is 6.44. The molecule has 1 aromatic carbocycles. The Morgan fingerprint density at radius 3 is 2.88 bits per heavy atom. The highest BCUT2D eigenvalue weighted by molar-refractivity contribution is 6.31. The highest BCUT2D eigenvalue weighted by Crippen LogP contribution is 2.27. The van der Waals surface area contributed by atoms with Gasteiger partial charge in [-0.1, -0.05) is 31.4 Å². The van der Waals surface area contributed by atoms with Gasteiger partial charge in [0.2, 0.25) is 5.91 Å². The Hall–Kier alpha value is -1.75. The van der Waals surface area contributed by atoms with Crippen molar-refractivity contribution in [2.24, 2.45) is 0 Å². The average Bonchev–Trinajstić information content (AvgIpc) is 3.07. The topological polar surface area (TPSA) is 58.6 Å². The van der Waals surface area contributed by atoms with Crippen LogP contribution in [0.25, 0.3) is 0 Å². The molecule has 5 nitrogen and oxygen atoms in total. The van der Waals surface area contributed by atoms with Crippen LogP contribution >= 0.6 is 11.6 Å². The molecule has 0 saturated carbocycles. The van der Waals surface area contributed by atoms with Gasteiger partial charge in [0.05, 0.1) is 12.7 Å². The fourth-order valence-corrected chi connectivity index (χ4v) is 3.16. The van der Waals surface area contributed by atoms with Gasteiger partial charge in [-0.25, -0.2) is 0 Å². The number of unbranched alkanes of at least 4 members (excludes halogenated alkanes) is 2. The first kappa shape index (κ1) is 18.6. The molecule has 1 aliphatic heterocycles. The van der Waals surface area contributed by atoms with Crippen molar-refractivity contribution in [1.29, 1.82) is 0 Å². The van der Waals surface area contributed by atoms with E-state index in [1.807, 2.05) is 0 Å². The molecule has 6 heteroatoms. The SMILES string of the molecule is CCCCCNC(=O)C1CCCN1C(=O)c1cc(Cl)ccc1OC. The summed E-state index contributed by atoms with van der Waals surface area (Å²) in [6.07, 6.45) is 4.67. The summed E-state index contributed by atoms with van der Waals surface area (Å²) in [6, 6.07) is 4.53. The number of rotatable bonds is 7. The van der Waals surface area contributed by atoms with Crippen LogP contribution in [0.2, 0.25) is 5.02 Å². The zero-order valence-electron chi connectivity index (χ0n) is 14.3. The van der Waals surface area contributed by atoms with Crippen LogP contribution in [0.3, 0.4) is 0 Å². The van der Waals surface area contributed by atoms with Gasteiger partial charge >= 0.3 is 0 Å². The fourth-order valence-electron chi connectivity index (χ4n) is 2.99. The van der Waals surface area contributed by atoms with Crippen molar-refractivity contribution >= 4 is 23.4 Å². The van der Waals surface area contributed by atoms with Gasteiger partial charge in [0, 0.05) is 18.1 Å². The predicted molar refractivity (Wildman–Crippen MR) is 94.6 cm³/mol. The first-order valence-electron chi connectivity index (χ1n) is 8.50. The molecule has 0 radical (unpaired) electrons. The number of hydrogen-bond donors (Lipinski definition) is 1. The highest BCUT2D eigenvalue weighted by atomic mass is 35.5. The number of carbonyl (C=O) groups is 2. The van der Waals surface area contributed by atoms with Gasteiger partial charge in [0.25, 0.3) is 5.91 Å². The van der Waals surface area contributed by atoms with Crippen molar-refractivity contribution in [1.82, 2.24) is 10.2 Å². The molecule has 24 heavy (non-hydrogen) atoms. The summed E-state index contributed by atoms with van der Waals surface area (Å²) in [7, 11) is 1.52. The molecule has 1 saturated heterocycles. The van der Waals surface area contributed by atoms with Gasteiger partial charge < -0.3 is 15.0 Å². The van der Waals surface area contributed by atoms with Crippen LogP contribution in [0.4, 0.5) is 0 Å². The van der Waals surface area contributed by atoms with E-state index in [2.05, 4.69) is 12.2 Å². The summed E-state index contributed by atoms with van der Waals surface area (Å²) < 4.78 is 5.26. The molecule has 1 unspecified atom stereocenters. The van der Waals surface area contributed by atoms with Crippen molar-refractivity contribution in [3.05, 3.63) is 28.8 Å². The molecule has 1 aliphatic rings. The van der Waals surface area contributed by atoms with E-state index >= 15 is 0 Å². The normalized spacial score (nSPS) is 17.0. The zero-order chi connectivity index (χ0) is 17.5. The van der Waals surface area contributed by atoms with Gasteiger partial charge in [-0.3, -0.25) is 9.59 Å². The molecule has 0 aromatic heterocycles. The Balaban J connectivity index is 2.08. The second kappa shape index (κ2) is 8.92. The molecule has 2 rings (SSSR count). The first-order chi connectivity index (χ1) is 11.6. The Kier molecular flexibility index (Phi) is 6.91. The van der Waals surface area contributed by atoms with E-state index in [9.17, 15) is 9.59 Å². The minimum atomic E-state index is -0.414. The van der Waals surface area contributed by atoms with Gasteiger partial charge in [0.15, 0.2) is 0 Å². The Labute approximate surface area is 148 Å². The lowest BCUT2D eigenvalue weighted by molar-refractivity contribution is -0.124. The molecule has 2 amide bonds. The van der Waals surface area contributed by atoms with Gasteiger partial charge in [-0.05, 0) is 37.5 Å². The summed E-state index contributed by atoms with van der Waals surface area (Å²) in [5, 5.41) is 3.42. The maximum Gasteiger partial charge on any atom is 0.258 e. The number of hydrogen-bond acceptors (Lipinski definition) is 3. The number of amides is 2. The van der Waals surface area contributed by atoms with Gasteiger partial charge in [-0.15, -0.1) is 0 Å². The molecule has 132 valence electrons. The van der Waals surface area contributed by atoms with Crippen LogP contribution in [0, 0.1) is 0 Å². The molecule has 0 bridgehead atoms. The van der Waals surface area contributed by atoms with E-state index in [0.29, 0.717) is 35.8 Å². The van der Waals surface area contributed by atoms with Crippen molar-refractivity contribution in [3.8, 4) is 5.75 Å². The maximum atomic E-state index is 12.9. The third-order valence-corrected chi connectivity index (χ3v) is 4.52. The number of nitrogens with one attached hydrogen (secondary N) is 1. The lowest BCUT2D eigenvalue weighted by Gasteiger charge is -2.25. The van der Waals surface area contributed by atoms with Crippen LogP contribution < -0.4 is 10.1 Å². The van der Waals surface area contributed by atoms with Crippen molar-refractivity contribution < 1.29 is 14.3 Å². The molecule has 0 spiro atoms. The van der Waals surface area contributed by atoms with Crippen LogP contribution in [-0.4, -0.2) is 43.0 Å². The molecule has 1 heterocycles. The molecule has 1 atom stereocenters. The minimum Gasteiger partial charge on any atom is -0.496 e. The summed E-state index contributed by atoms with van der Waals surface area (Å²) in [6.45, 7) is 3.35. The third kappa shape index (κ3) is 4.41. The third-order valence-electron chi connectivity index (χ3n) is 4.29. The first-order valence-corrected chi connectivity index (χ1v) is 8.88. The summed E-state index contributed by atoms with van der Waals surface area (Å²) in [5.74, 6) is 0.192. The molecule has 1 fully saturated rings. The number of methoxy groups -OCH3 is 1. The van der Waals surface area contributed by atoms with Crippen LogP contribution in [0.5, 0.6) is 5.75 Å². The van der Waals surface area contributed by atoms with Crippen LogP contribution in [0.15, 0.2) is 18.2 Å². The van der Waals surface area contributed by atoms with Crippen molar-refractivity contribution in [3.63, 3.8) is 0 Å². The van der Waals surface area contributed by atoms with E-state index in [4.69, 9.17) is 16.3 Å². The monoisotopic (exact) mass is 352 g/mol. The average molecular weight is 353 g/mol.